The summed E-state index contributed by atoms with van der Waals surface area (Å²) in [6.45, 7) is 0. The number of fused-ring (bicyclic) bond motifs is 1. The Balaban J connectivity index is 1.64. The molecule has 1 fully saturated rings. The van der Waals surface area contributed by atoms with Crippen molar-refractivity contribution >= 4 is 56.8 Å². The molecule has 1 heterocycles. The summed E-state index contributed by atoms with van der Waals surface area (Å²) < 4.78 is 16.3. The summed E-state index contributed by atoms with van der Waals surface area (Å²) >= 11 is 6.44. The molecule has 0 atom stereocenters. The van der Waals surface area contributed by atoms with E-state index < -0.39 is 11.7 Å². The van der Waals surface area contributed by atoms with Crippen LogP contribution in [0.5, 0.6) is 17.2 Å². The van der Waals surface area contributed by atoms with Crippen molar-refractivity contribution in [3.63, 3.8) is 0 Å². The van der Waals surface area contributed by atoms with Crippen LogP contribution in [-0.2, 0) is 4.79 Å². The maximum atomic E-state index is 13.1. The summed E-state index contributed by atoms with van der Waals surface area (Å²) in [6, 6.07) is 18.1. The maximum absolute atomic E-state index is 13.1. The standard InChI is InChI=1S/C27H20N2O5S2/c1-32-21-10-16(11-22(33-2)25(21)34-3)12-23-26(31)29(27(35)36-23)15-20(14-28)24(30)19-9-8-17-6-4-5-7-18(17)13-19/h4-13,15H,1-3H3/b20-15-,23-12-. The van der Waals surface area contributed by atoms with E-state index in [1.54, 1.807) is 30.3 Å². The van der Waals surface area contributed by atoms with Crippen LogP contribution in [-0.4, -0.2) is 42.2 Å². The third kappa shape index (κ3) is 4.82. The fourth-order valence-electron chi connectivity index (χ4n) is 3.68. The fraction of sp³-hybridized carbons (Fsp3) is 0.111. The van der Waals surface area contributed by atoms with Crippen molar-refractivity contribution in [2.75, 3.05) is 21.3 Å². The van der Waals surface area contributed by atoms with Gasteiger partial charge in [0.2, 0.25) is 11.5 Å². The average Bonchev–Trinajstić information content (AvgIpc) is 3.17. The first-order valence-electron chi connectivity index (χ1n) is 10.6. The Kier molecular flexibility index (Phi) is 7.38. The Morgan fingerprint density at radius 3 is 2.28 bits per heavy atom. The number of ether oxygens (including phenoxy) is 3. The summed E-state index contributed by atoms with van der Waals surface area (Å²) in [5.41, 5.74) is 0.775. The maximum Gasteiger partial charge on any atom is 0.270 e. The van der Waals surface area contributed by atoms with Gasteiger partial charge in [-0.2, -0.15) is 5.26 Å². The number of nitrogens with zero attached hydrogens (tertiary/aromatic N) is 2. The number of carbonyl (C=O) groups excluding carboxylic acids is 2. The number of amides is 1. The molecule has 0 N–H and O–H groups in total. The van der Waals surface area contributed by atoms with E-state index in [1.807, 2.05) is 36.4 Å². The van der Waals surface area contributed by atoms with E-state index in [4.69, 9.17) is 26.4 Å². The van der Waals surface area contributed by atoms with Gasteiger partial charge in [0.05, 0.1) is 26.2 Å². The molecule has 1 saturated heterocycles. The van der Waals surface area contributed by atoms with Gasteiger partial charge >= 0.3 is 0 Å². The zero-order chi connectivity index (χ0) is 25.8. The van der Waals surface area contributed by atoms with Crippen LogP contribution in [0.2, 0.25) is 0 Å². The first-order chi connectivity index (χ1) is 17.4. The normalized spacial score (nSPS) is 14.8. The van der Waals surface area contributed by atoms with Crippen molar-refractivity contribution in [2.24, 2.45) is 0 Å². The quantitative estimate of drug-likeness (QED) is 0.180. The summed E-state index contributed by atoms with van der Waals surface area (Å²) in [6.07, 6.45) is 2.83. The molecule has 4 rings (SSSR count). The number of hydrogen-bond acceptors (Lipinski definition) is 8. The second-order valence-electron chi connectivity index (χ2n) is 7.56. The number of Topliss-reactive ketones (excluding diaryl/α,β-unsaturated/α-hetero) is 1. The highest BCUT2D eigenvalue weighted by molar-refractivity contribution is 8.26. The number of allylic oxidation sites excluding steroid dienone is 1. The lowest BCUT2D eigenvalue weighted by molar-refractivity contribution is -0.120. The van der Waals surface area contributed by atoms with E-state index in [9.17, 15) is 14.9 Å². The minimum absolute atomic E-state index is 0.199. The number of nitriles is 1. The van der Waals surface area contributed by atoms with Crippen LogP contribution in [0.1, 0.15) is 15.9 Å². The van der Waals surface area contributed by atoms with E-state index in [-0.39, 0.29) is 9.89 Å². The Morgan fingerprint density at radius 1 is 1.00 bits per heavy atom. The van der Waals surface area contributed by atoms with Gasteiger partial charge in [-0.1, -0.05) is 60.4 Å². The van der Waals surface area contributed by atoms with Crippen molar-refractivity contribution in [3.05, 3.63) is 82.4 Å². The Morgan fingerprint density at radius 2 is 1.67 bits per heavy atom. The smallest absolute Gasteiger partial charge is 0.270 e. The van der Waals surface area contributed by atoms with Crippen molar-refractivity contribution in [1.82, 2.24) is 4.90 Å². The van der Waals surface area contributed by atoms with Gasteiger partial charge in [0, 0.05) is 11.8 Å². The van der Waals surface area contributed by atoms with Gasteiger partial charge in [0.1, 0.15) is 11.6 Å². The zero-order valence-corrected chi connectivity index (χ0v) is 21.2. The van der Waals surface area contributed by atoms with Gasteiger partial charge in [0.25, 0.3) is 5.91 Å². The Bertz CT molecular complexity index is 1480. The van der Waals surface area contributed by atoms with Gasteiger partial charge in [0.15, 0.2) is 15.8 Å². The lowest BCUT2D eigenvalue weighted by Crippen LogP contribution is -2.23. The van der Waals surface area contributed by atoms with Crippen LogP contribution in [0.15, 0.2) is 71.3 Å². The molecule has 36 heavy (non-hydrogen) atoms. The molecule has 0 unspecified atom stereocenters. The van der Waals surface area contributed by atoms with Gasteiger partial charge in [-0.25, -0.2) is 0 Å². The SMILES string of the molecule is COc1cc(/C=C2\SC(=S)N(/C=C(/C#N)C(=O)c3ccc4ccccc4c3)C2=O)cc(OC)c1OC. The number of ketones is 1. The van der Waals surface area contributed by atoms with Crippen LogP contribution >= 0.6 is 24.0 Å². The average molecular weight is 517 g/mol. The molecule has 7 nitrogen and oxygen atoms in total. The molecule has 0 bridgehead atoms. The topological polar surface area (TPSA) is 88.9 Å². The van der Waals surface area contributed by atoms with E-state index in [0.717, 1.165) is 27.4 Å². The van der Waals surface area contributed by atoms with E-state index in [1.165, 1.54) is 27.5 Å². The highest BCUT2D eigenvalue weighted by Crippen LogP contribution is 2.40. The molecule has 1 amide bonds. The number of thioether (sulfide) groups is 1. The summed E-state index contributed by atoms with van der Waals surface area (Å²) in [5, 5.41) is 11.5. The number of benzene rings is 3. The van der Waals surface area contributed by atoms with Crippen LogP contribution in [0.3, 0.4) is 0 Å². The fourth-order valence-corrected chi connectivity index (χ4v) is 4.89. The number of thiocarbonyl (C=S) groups is 1. The van der Waals surface area contributed by atoms with Crippen molar-refractivity contribution < 1.29 is 23.8 Å². The molecule has 1 aliphatic heterocycles. The molecular weight excluding hydrogens is 496 g/mol. The Hall–Kier alpha value is -4.13. The predicted octanol–water partition coefficient (Wildman–Crippen LogP) is 5.36. The second kappa shape index (κ2) is 10.6. The molecule has 0 spiro atoms. The molecular formula is C27H20N2O5S2. The predicted molar refractivity (Wildman–Crippen MR) is 143 cm³/mol. The molecule has 0 saturated carbocycles. The minimum atomic E-state index is -0.495. The molecule has 180 valence electrons. The van der Waals surface area contributed by atoms with Crippen molar-refractivity contribution in [3.8, 4) is 23.3 Å². The zero-order valence-electron chi connectivity index (χ0n) is 19.6. The summed E-state index contributed by atoms with van der Waals surface area (Å²) in [5.74, 6) is 0.361. The lowest BCUT2D eigenvalue weighted by atomic mass is 10.0. The molecule has 3 aromatic rings. The highest BCUT2D eigenvalue weighted by atomic mass is 32.2. The number of hydrogen-bond donors (Lipinski definition) is 0. The van der Waals surface area contributed by atoms with Gasteiger partial charge < -0.3 is 14.2 Å². The largest absolute Gasteiger partial charge is 0.493 e. The van der Waals surface area contributed by atoms with Gasteiger partial charge in [-0.05, 0) is 40.6 Å². The third-order valence-electron chi connectivity index (χ3n) is 5.44. The van der Waals surface area contributed by atoms with Crippen molar-refractivity contribution in [2.45, 2.75) is 0 Å². The molecule has 0 radical (unpaired) electrons. The molecule has 0 aliphatic carbocycles. The summed E-state index contributed by atoms with van der Waals surface area (Å²) in [7, 11) is 4.51. The first-order valence-corrected chi connectivity index (χ1v) is 11.8. The van der Waals surface area contributed by atoms with Crippen molar-refractivity contribution in [1.29, 1.82) is 5.26 Å². The first kappa shape index (κ1) is 25.0. The highest BCUT2D eigenvalue weighted by Gasteiger charge is 2.32. The molecule has 0 aromatic heterocycles. The van der Waals surface area contributed by atoms with Crippen LogP contribution < -0.4 is 14.2 Å². The molecule has 9 heteroatoms. The summed E-state index contributed by atoms with van der Waals surface area (Å²) in [4.78, 5) is 27.7. The number of methoxy groups -OCH3 is 3. The molecule has 3 aromatic carbocycles. The van der Waals surface area contributed by atoms with E-state index in [0.29, 0.717) is 33.3 Å². The number of rotatable bonds is 7. The van der Waals surface area contributed by atoms with Crippen LogP contribution in [0.4, 0.5) is 0 Å². The monoisotopic (exact) mass is 516 g/mol. The number of carbonyl (C=O) groups is 2. The van der Waals surface area contributed by atoms with E-state index in [2.05, 4.69) is 0 Å². The van der Waals surface area contributed by atoms with Gasteiger partial charge in [-0.3, -0.25) is 14.5 Å². The van der Waals surface area contributed by atoms with Crippen LogP contribution in [0.25, 0.3) is 16.8 Å². The van der Waals surface area contributed by atoms with E-state index >= 15 is 0 Å². The minimum Gasteiger partial charge on any atom is -0.493 e. The second-order valence-corrected chi connectivity index (χ2v) is 9.23. The third-order valence-corrected chi connectivity index (χ3v) is 6.77. The lowest BCUT2D eigenvalue weighted by Gasteiger charge is -2.13. The Labute approximate surface area is 217 Å². The molecule has 1 aliphatic rings. The van der Waals surface area contributed by atoms with Crippen LogP contribution in [0, 0.1) is 11.3 Å². The van der Waals surface area contributed by atoms with Gasteiger partial charge in [-0.15, -0.1) is 0 Å².